The number of aromatic nitrogens is 2. The molecule has 1 saturated heterocycles. The highest BCUT2D eigenvalue weighted by Crippen LogP contribution is 2.30. The second-order valence-corrected chi connectivity index (χ2v) is 11.1. The molecule has 11 heteroatoms. The summed E-state index contributed by atoms with van der Waals surface area (Å²) in [5.74, 6) is -0.271. The third-order valence-electron chi connectivity index (χ3n) is 5.87. The van der Waals surface area contributed by atoms with Crippen LogP contribution < -0.4 is 4.90 Å². The van der Waals surface area contributed by atoms with Gasteiger partial charge in [-0.3, -0.25) is 0 Å². The maximum atomic E-state index is 13.4. The Morgan fingerprint density at radius 1 is 1.00 bits per heavy atom. The molecule has 0 bridgehead atoms. The SMILES string of the molecule is CCOC(=O)c1nc2cc(Cl)c(Cl)cc2nc1N1CCCN(S(=O)(=O)c2cc(C)ccc2C)CC1. The summed E-state index contributed by atoms with van der Waals surface area (Å²) < 4.78 is 33.6. The standard InChI is InChI=1S/C24H26Cl2N4O4S/c1-4-34-24(31)22-23(28-20-14-18(26)17(25)13-19(20)27-22)29-8-5-9-30(11-10-29)35(32,33)21-12-15(2)6-7-16(21)3/h6-7,12-14H,4-5,8-11H2,1-3H3. The van der Waals surface area contributed by atoms with Crippen molar-refractivity contribution in [1.82, 2.24) is 14.3 Å². The van der Waals surface area contributed by atoms with Crippen LogP contribution in [0, 0.1) is 13.8 Å². The molecule has 1 aliphatic heterocycles. The number of rotatable bonds is 5. The molecule has 1 aliphatic rings. The van der Waals surface area contributed by atoms with Gasteiger partial charge in [0.2, 0.25) is 10.0 Å². The fourth-order valence-electron chi connectivity index (χ4n) is 4.07. The lowest BCUT2D eigenvalue weighted by atomic mass is 10.2. The molecule has 4 rings (SSSR count). The number of fused-ring (bicyclic) bond motifs is 1. The number of benzene rings is 2. The van der Waals surface area contributed by atoms with Gasteiger partial charge in [-0.05, 0) is 56.5 Å². The Morgan fingerprint density at radius 3 is 2.37 bits per heavy atom. The minimum absolute atomic E-state index is 0.0589. The number of anilines is 1. The molecule has 0 spiro atoms. The van der Waals surface area contributed by atoms with Gasteiger partial charge in [0, 0.05) is 26.2 Å². The number of halogens is 2. The summed E-state index contributed by atoms with van der Waals surface area (Å²) in [4.78, 5) is 24.1. The smallest absolute Gasteiger partial charge is 0.360 e. The number of hydrogen-bond acceptors (Lipinski definition) is 7. The van der Waals surface area contributed by atoms with E-state index in [1.165, 1.54) is 4.31 Å². The second kappa shape index (κ2) is 10.3. The molecule has 186 valence electrons. The number of hydrogen-bond donors (Lipinski definition) is 0. The molecule has 2 heterocycles. The first kappa shape index (κ1) is 25.6. The lowest BCUT2D eigenvalue weighted by Gasteiger charge is -2.24. The predicted octanol–water partition coefficient (Wildman–Crippen LogP) is 4.63. The van der Waals surface area contributed by atoms with Crippen molar-refractivity contribution in [2.75, 3.05) is 37.7 Å². The van der Waals surface area contributed by atoms with E-state index in [2.05, 4.69) is 9.97 Å². The Balaban J connectivity index is 1.69. The van der Waals surface area contributed by atoms with E-state index in [9.17, 15) is 13.2 Å². The van der Waals surface area contributed by atoms with Gasteiger partial charge >= 0.3 is 5.97 Å². The third-order valence-corrected chi connectivity index (χ3v) is 8.64. The molecule has 3 aromatic rings. The Labute approximate surface area is 214 Å². The fraction of sp³-hybridized carbons (Fsp3) is 0.375. The van der Waals surface area contributed by atoms with Gasteiger partial charge in [-0.1, -0.05) is 35.3 Å². The lowest BCUT2D eigenvalue weighted by Crippen LogP contribution is -2.36. The van der Waals surface area contributed by atoms with Crippen LogP contribution in [0.4, 0.5) is 5.82 Å². The molecular weight excluding hydrogens is 511 g/mol. The number of nitrogens with zero attached hydrogens (tertiary/aromatic N) is 4. The minimum atomic E-state index is -3.68. The normalized spacial score (nSPS) is 15.3. The summed E-state index contributed by atoms with van der Waals surface area (Å²) in [5.41, 5.74) is 2.54. The zero-order valence-electron chi connectivity index (χ0n) is 19.7. The average molecular weight is 537 g/mol. The molecule has 1 fully saturated rings. The Bertz CT molecular complexity index is 1400. The highest BCUT2D eigenvalue weighted by molar-refractivity contribution is 7.89. The third kappa shape index (κ3) is 5.23. The van der Waals surface area contributed by atoms with Crippen LogP contribution in [0.2, 0.25) is 10.0 Å². The van der Waals surface area contributed by atoms with Gasteiger partial charge in [0.25, 0.3) is 0 Å². The Morgan fingerprint density at radius 2 is 1.69 bits per heavy atom. The number of ether oxygens (including phenoxy) is 1. The number of carbonyl (C=O) groups excluding carboxylic acids is 1. The summed E-state index contributed by atoms with van der Waals surface area (Å²) in [7, 11) is -3.68. The van der Waals surface area contributed by atoms with E-state index >= 15 is 0 Å². The highest BCUT2D eigenvalue weighted by atomic mass is 35.5. The van der Waals surface area contributed by atoms with Crippen LogP contribution in [0.15, 0.2) is 35.2 Å². The van der Waals surface area contributed by atoms with Crippen LogP contribution in [-0.4, -0.2) is 61.4 Å². The van der Waals surface area contributed by atoms with Crippen LogP contribution in [-0.2, 0) is 14.8 Å². The zero-order valence-corrected chi connectivity index (χ0v) is 22.0. The molecule has 0 N–H and O–H groups in total. The van der Waals surface area contributed by atoms with Crippen molar-refractivity contribution in [2.45, 2.75) is 32.1 Å². The van der Waals surface area contributed by atoms with Crippen LogP contribution in [0.5, 0.6) is 0 Å². The van der Waals surface area contributed by atoms with E-state index in [4.69, 9.17) is 27.9 Å². The van der Waals surface area contributed by atoms with E-state index in [-0.39, 0.29) is 18.8 Å². The summed E-state index contributed by atoms with van der Waals surface area (Å²) in [6.45, 7) is 6.97. The first-order valence-electron chi connectivity index (χ1n) is 11.3. The molecule has 0 atom stereocenters. The Kier molecular flexibility index (Phi) is 7.51. The fourth-order valence-corrected chi connectivity index (χ4v) is 6.16. The number of esters is 1. The van der Waals surface area contributed by atoms with Crippen molar-refractivity contribution in [3.05, 3.63) is 57.2 Å². The second-order valence-electron chi connectivity index (χ2n) is 8.38. The summed E-state index contributed by atoms with van der Waals surface area (Å²) in [5, 5.41) is 0.628. The van der Waals surface area contributed by atoms with Gasteiger partial charge in [-0.15, -0.1) is 0 Å². The van der Waals surface area contributed by atoms with E-state index in [1.54, 1.807) is 32.0 Å². The van der Waals surface area contributed by atoms with Crippen molar-refractivity contribution in [3.63, 3.8) is 0 Å². The largest absolute Gasteiger partial charge is 0.461 e. The summed E-state index contributed by atoms with van der Waals surface area (Å²) in [6, 6.07) is 8.57. The monoisotopic (exact) mass is 536 g/mol. The average Bonchev–Trinajstić information content (AvgIpc) is 3.08. The van der Waals surface area contributed by atoms with Crippen molar-refractivity contribution in [1.29, 1.82) is 0 Å². The molecule has 0 amide bonds. The van der Waals surface area contributed by atoms with Crippen molar-refractivity contribution >= 4 is 56.0 Å². The highest BCUT2D eigenvalue weighted by Gasteiger charge is 2.30. The molecule has 0 unspecified atom stereocenters. The zero-order chi connectivity index (χ0) is 25.3. The first-order valence-corrected chi connectivity index (χ1v) is 13.5. The van der Waals surface area contributed by atoms with Crippen LogP contribution in [0.3, 0.4) is 0 Å². The molecule has 0 radical (unpaired) electrons. The lowest BCUT2D eigenvalue weighted by molar-refractivity contribution is 0.0520. The van der Waals surface area contributed by atoms with Gasteiger partial charge < -0.3 is 9.64 Å². The van der Waals surface area contributed by atoms with Crippen LogP contribution >= 0.6 is 23.2 Å². The summed E-state index contributed by atoms with van der Waals surface area (Å²) in [6.07, 6.45) is 0.549. The Hall–Kier alpha value is -2.46. The topological polar surface area (TPSA) is 92.7 Å². The number of sulfonamides is 1. The van der Waals surface area contributed by atoms with Gasteiger partial charge in [0.1, 0.15) is 0 Å². The molecule has 8 nitrogen and oxygen atoms in total. The van der Waals surface area contributed by atoms with E-state index in [1.807, 2.05) is 24.0 Å². The van der Waals surface area contributed by atoms with Crippen LogP contribution in [0.25, 0.3) is 11.0 Å². The molecule has 0 aliphatic carbocycles. The van der Waals surface area contributed by atoms with E-state index in [0.717, 1.165) is 5.56 Å². The van der Waals surface area contributed by atoms with E-state index in [0.29, 0.717) is 63.4 Å². The minimum Gasteiger partial charge on any atom is -0.461 e. The number of carbonyl (C=O) groups is 1. The molecule has 35 heavy (non-hydrogen) atoms. The molecule has 1 aromatic heterocycles. The van der Waals surface area contributed by atoms with Gasteiger partial charge in [-0.25, -0.2) is 23.2 Å². The van der Waals surface area contributed by atoms with Crippen molar-refractivity contribution in [2.24, 2.45) is 0 Å². The number of aryl methyl sites for hydroxylation is 2. The quantitative estimate of drug-likeness (QED) is 0.438. The van der Waals surface area contributed by atoms with E-state index < -0.39 is 16.0 Å². The van der Waals surface area contributed by atoms with Crippen molar-refractivity contribution < 1.29 is 17.9 Å². The molecule has 2 aromatic carbocycles. The van der Waals surface area contributed by atoms with Crippen LogP contribution in [0.1, 0.15) is 35.0 Å². The molecule has 0 saturated carbocycles. The maximum absolute atomic E-state index is 13.4. The van der Waals surface area contributed by atoms with Gasteiger partial charge in [0.05, 0.1) is 32.6 Å². The molecular formula is C24H26Cl2N4O4S. The summed E-state index contributed by atoms with van der Waals surface area (Å²) >= 11 is 12.3. The van der Waals surface area contributed by atoms with Gasteiger partial charge in [0.15, 0.2) is 11.5 Å². The maximum Gasteiger partial charge on any atom is 0.360 e. The van der Waals surface area contributed by atoms with Crippen molar-refractivity contribution in [3.8, 4) is 0 Å². The first-order chi connectivity index (χ1) is 16.6. The van der Waals surface area contributed by atoms with Gasteiger partial charge in [-0.2, -0.15) is 4.31 Å². The predicted molar refractivity (Wildman–Crippen MR) is 137 cm³/mol.